The summed E-state index contributed by atoms with van der Waals surface area (Å²) in [6.07, 6.45) is 0. The molecule has 26 heavy (non-hydrogen) atoms. The normalized spacial score (nSPS) is 10.6. The fourth-order valence-corrected chi connectivity index (χ4v) is 2.67. The molecule has 1 heterocycles. The minimum atomic E-state index is -0.0783. The Kier molecular flexibility index (Phi) is 5.31. The van der Waals surface area contributed by atoms with Crippen molar-refractivity contribution in [2.45, 2.75) is 6.92 Å². The van der Waals surface area contributed by atoms with Crippen molar-refractivity contribution in [2.75, 3.05) is 37.4 Å². The molecule has 0 aliphatic rings. The number of aromatic nitrogens is 2. The molecule has 2 N–H and O–H groups in total. The van der Waals surface area contributed by atoms with Crippen LogP contribution in [0.4, 0.5) is 11.6 Å². The van der Waals surface area contributed by atoms with Gasteiger partial charge in [0, 0.05) is 38.8 Å². The third-order valence-electron chi connectivity index (χ3n) is 4.01. The fraction of sp³-hybridized carbons (Fsp3) is 0.250. The minimum absolute atomic E-state index is 0.0783. The summed E-state index contributed by atoms with van der Waals surface area (Å²) in [5.41, 5.74) is 0.663. The minimum Gasteiger partial charge on any atom is -0.368 e. The zero-order chi connectivity index (χ0) is 18.5. The molecule has 3 aromatic rings. The molecule has 0 bridgehead atoms. The van der Waals surface area contributed by atoms with Crippen molar-refractivity contribution in [3.63, 3.8) is 0 Å². The van der Waals surface area contributed by atoms with Crippen LogP contribution in [0, 0.1) is 6.92 Å². The standard InChI is InChI=1S/C20H23N5O/c1-14-23-18(13-19(24-14)25(2)3)21-10-11-22-20(26)17-9-8-15-6-4-5-7-16(15)12-17/h4-9,12-13H,10-11H2,1-3H3,(H,22,26)(H,21,23,24). The zero-order valence-electron chi connectivity index (χ0n) is 15.3. The third kappa shape index (κ3) is 4.27. The van der Waals surface area contributed by atoms with Gasteiger partial charge in [-0.2, -0.15) is 0 Å². The molecule has 0 spiro atoms. The molecule has 134 valence electrons. The second kappa shape index (κ2) is 7.82. The van der Waals surface area contributed by atoms with Gasteiger partial charge in [-0.05, 0) is 29.8 Å². The second-order valence-electron chi connectivity index (χ2n) is 6.30. The monoisotopic (exact) mass is 349 g/mol. The van der Waals surface area contributed by atoms with Crippen LogP contribution in [0.1, 0.15) is 16.2 Å². The van der Waals surface area contributed by atoms with Crippen LogP contribution in [0.5, 0.6) is 0 Å². The second-order valence-corrected chi connectivity index (χ2v) is 6.30. The molecule has 0 aliphatic carbocycles. The van der Waals surface area contributed by atoms with Crippen molar-refractivity contribution in [3.8, 4) is 0 Å². The topological polar surface area (TPSA) is 70.2 Å². The average Bonchev–Trinajstić information content (AvgIpc) is 2.64. The predicted molar refractivity (Wildman–Crippen MR) is 106 cm³/mol. The van der Waals surface area contributed by atoms with Gasteiger partial charge in [-0.25, -0.2) is 9.97 Å². The lowest BCUT2D eigenvalue weighted by Crippen LogP contribution is -2.29. The van der Waals surface area contributed by atoms with Crippen LogP contribution >= 0.6 is 0 Å². The molecule has 6 heteroatoms. The first-order chi connectivity index (χ1) is 12.5. The Morgan fingerprint density at radius 1 is 1.00 bits per heavy atom. The maximum absolute atomic E-state index is 12.3. The Morgan fingerprint density at radius 2 is 1.77 bits per heavy atom. The van der Waals surface area contributed by atoms with Crippen molar-refractivity contribution in [2.24, 2.45) is 0 Å². The third-order valence-corrected chi connectivity index (χ3v) is 4.01. The van der Waals surface area contributed by atoms with Gasteiger partial charge in [0.15, 0.2) is 0 Å². The summed E-state index contributed by atoms with van der Waals surface area (Å²) in [5.74, 6) is 2.23. The number of nitrogens with one attached hydrogen (secondary N) is 2. The van der Waals surface area contributed by atoms with E-state index in [9.17, 15) is 4.79 Å². The molecule has 0 saturated carbocycles. The molecular weight excluding hydrogens is 326 g/mol. The van der Waals surface area contributed by atoms with Gasteiger partial charge >= 0.3 is 0 Å². The molecule has 0 fully saturated rings. The Balaban J connectivity index is 1.55. The largest absolute Gasteiger partial charge is 0.368 e. The number of anilines is 2. The van der Waals surface area contributed by atoms with E-state index in [1.54, 1.807) is 0 Å². The lowest BCUT2D eigenvalue weighted by Gasteiger charge is -2.14. The number of carbonyl (C=O) groups is 1. The summed E-state index contributed by atoms with van der Waals surface area (Å²) in [6.45, 7) is 2.95. The van der Waals surface area contributed by atoms with Crippen LogP contribution in [0.3, 0.4) is 0 Å². The lowest BCUT2D eigenvalue weighted by molar-refractivity contribution is 0.0955. The highest BCUT2D eigenvalue weighted by atomic mass is 16.1. The van der Waals surface area contributed by atoms with Gasteiger partial charge in [0.1, 0.15) is 17.5 Å². The van der Waals surface area contributed by atoms with Crippen LogP contribution in [0.25, 0.3) is 10.8 Å². The average molecular weight is 349 g/mol. The fourth-order valence-electron chi connectivity index (χ4n) is 2.67. The summed E-state index contributed by atoms with van der Waals surface area (Å²) in [6, 6.07) is 15.6. The number of aryl methyl sites for hydroxylation is 1. The molecule has 0 aliphatic heterocycles. The zero-order valence-corrected chi connectivity index (χ0v) is 15.3. The molecule has 6 nitrogen and oxygen atoms in total. The smallest absolute Gasteiger partial charge is 0.251 e. The summed E-state index contributed by atoms with van der Waals surface area (Å²) < 4.78 is 0. The van der Waals surface area contributed by atoms with E-state index < -0.39 is 0 Å². The number of rotatable bonds is 6. The van der Waals surface area contributed by atoms with Gasteiger partial charge in [0.2, 0.25) is 0 Å². The van der Waals surface area contributed by atoms with Gasteiger partial charge in [0.25, 0.3) is 5.91 Å². The summed E-state index contributed by atoms with van der Waals surface area (Å²) in [4.78, 5) is 23.0. The number of hydrogen-bond acceptors (Lipinski definition) is 5. The first-order valence-corrected chi connectivity index (χ1v) is 8.57. The van der Waals surface area contributed by atoms with Crippen LogP contribution in [-0.4, -0.2) is 43.1 Å². The van der Waals surface area contributed by atoms with E-state index in [1.807, 2.05) is 74.4 Å². The van der Waals surface area contributed by atoms with Crippen molar-refractivity contribution >= 4 is 28.3 Å². The first-order valence-electron chi connectivity index (χ1n) is 8.57. The molecular formula is C20H23N5O. The molecule has 2 aromatic carbocycles. The van der Waals surface area contributed by atoms with E-state index in [-0.39, 0.29) is 5.91 Å². The maximum atomic E-state index is 12.3. The van der Waals surface area contributed by atoms with E-state index in [0.29, 0.717) is 24.5 Å². The Bertz CT molecular complexity index is 923. The Hall–Kier alpha value is -3.15. The Labute approximate surface area is 153 Å². The SMILES string of the molecule is Cc1nc(NCCNC(=O)c2ccc3ccccc3c2)cc(N(C)C)n1. The van der Waals surface area contributed by atoms with Crippen LogP contribution < -0.4 is 15.5 Å². The van der Waals surface area contributed by atoms with Gasteiger partial charge in [-0.15, -0.1) is 0 Å². The Morgan fingerprint density at radius 3 is 2.54 bits per heavy atom. The van der Waals surface area contributed by atoms with E-state index in [2.05, 4.69) is 20.6 Å². The van der Waals surface area contributed by atoms with Gasteiger partial charge < -0.3 is 15.5 Å². The molecule has 1 aromatic heterocycles. The molecule has 0 atom stereocenters. The van der Waals surface area contributed by atoms with Gasteiger partial charge in [-0.1, -0.05) is 30.3 Å². The maximum Gasteiger partial charge on any atom is 0.251 e. The molecule has 0 saturated heterocycles. The molecule has 0 radical (unpaired) electrons. The highest BCUT2D eigenvalue weighted by Crippen LogP contribution is 2.15. The number of fused-ring (bicyclic) bond motifs is 1. The van der Waals surface area contributed by atoms with Crippen molar-refractivity contribution in [1.29, 1.82) is 0 Å². The number of nitrogens with zero attached hydrogens (tertiary/aromatic N) is 3. The van der Waals surface area contributed by atoms with Crippen LogP contribution in [0.2, 0.25) is 0 Å². The number of amides is 1. The molecule has 3 rings (SSSR count). The van der Waals surface area contributed by atoms with E-state index in [0.717, 1.165) is 22.4 Å². The first kappa shape index (κ1) is 17.7. The highest BCUT2D eigenvalue weighted by Gasteiger charge is 2.06. The van der Waals surface area contributed by atoms with Crippen LogP contribution in [0.15, 0.2) is 48.5 Å². The van der Waals surface area contributed by atoms with Crippen molar-refractivity contribution < 1.29 is 4.79 Å². The predicted octanol–water partition coefficient (Wildman–Crippen LogP) is 2.85. The van der Waals surface area contributed by atoms with E-state index >= 15 is 0 Å². The molecule has 0 unspecified atom stereocenters. The summed E-state index contributed by atoms with van der Waals surface area (Å²) in [5, 5.41) is 8.34. The van der Waals surface area contributed by atoms with Gasteiger partial charge in [-0.3, -0.25) is 4.79 Å². The van der Waals surface area contributed by atoms with Crippen LogP contribution in [-0.2, 0) is 0 Å². The van der Waals surface area contributed by atoms with Crippen molar-refractivity contribution in [1.82, 2.24) is 15.3 Å². The van der Waals surface area contributed by atoms with E-state index in [1.165, 1.54) is 0 Å². The van der Waals surface area contributed by atoms with E-state index in [4.69, 9.17) is 0 Å². The highest BCUT2D eigenvalue weighted by molar-refractivity contribution is 5.98. The summed E-state index contributed by atoms with van der Waals surface area (Å²) >= 11 is 0. The lowest BCUT2D eigenvalue weighted by atomic mass is 10.1. The van der Waals surface area contributed by atoms with Gasteiger partial charge in [0.05, 0.1) is 0 Å². The van der Waals surface area contributed by atoms with Crippen molar-refractivity contribution in [3.05, 3.63) is 59.9 Å². The molecule has 1 amide bonds. The number of benzene rings is 2. The summed E-state index contributed by atoms with van der Waals surface area (Å²) in [7, 11) is 3.88. The number of hydrogen-bond donors (Lipinski definition) is 2. The number of carbonyl (C=O) groups excluding carboxylic acids is 1. The quantitative estimate of drug-likeness (QED) is 0.670.